The zero-order valence-electron chi connectivity index (χ0n) is 17.2. The number of Topliss-reactive ketones (excluding diaryl/α,β-unsaturated/α-hetero) is 1. The molecule has 0 saturated heterocycles. The lowest BCUT2D eigenvalue weighted by atomic mass is 9.46. The van der Waals surface area contributed by atoms with Gasteiger partial charge in [0, 0.05) is 16.7 Å². The van der Waals surface area contributed by atoms with Gasteiger partial charge >= 0.3 is 7.82 Å². The molecule has 3 saturated carbocycles. The highest BCUT2D eigenvalue weighted by molar-refractivity contribution is 7.46. The largest absolute Gasteiger partial charge is 0.470 e. The average Bonchev–Trinajstić information content (AvgIpc) is 2.91. The van der Waals surface area contributed by atoms with Crippen LogP contribution in [0.2, 0.25) is 0 Å². The summed E-state index contributed by atoms with van der Waals surface area (Å²) < 4.78 is 15.4. The van der Waals surface area contributed by atoms with Crippen molar-refractivity contribution in [2.45, 2.75) is 57.7 Å². The van der Waals surface area contributed by atoms with Crippen LogP contribution < -0.4 is 0 Å². The van der Waals surface area contributed by atoms with Crippen LogP contribution in [0.25, 0.3) is 0 Å². The first-order chi connectivity index (χ1) is 13.8. The first kappa shape index (κ1) is 22.1. The van der Waals surface area contributed by atoms with Crippen molar-refractivity contribution in [3.8, 4) is 0 Å². The number of rotatable bonds is 4. The number of carbonyl (C=O) groups is 2. The van der Waals surface area contributed by atoms with Crippen LogP contribution in [0, 0.1) is 28.6 Å². The smallest absolute Gasteiger partial charge is 0.393 e. The van der Waals surface area contributed by atoms with Gasteiger partial charge in [-0.05, 0) is 56.1 Å². The lowest BCUT2D eigenvalue weighted by molar-refractivity contribution is -0.178. The molecule has 0 spiro atoms. The van der Waals surface area contributed by atoms with Crippen LogP contribution >= 0.6 is 7.82 Å². The van der Waals surface area contributed by atoms with E-state index < -0.39 is 42.7 Å². The summed E-state index contributed by atoms with van der Waals surface area (Å²) in [5, 5.41) is 22.6. The van der Waals surface area contributed by atoms with Gasteiger partial charge in [-0.15, -0.1) is 0 Å². The number of allylic oxidation sites excluding steroid dienone is 4. The third-order valence-electron chi connectivity index (χ3n) is 8.47. The molecule has 7 atom stereocenters. The Balaban J connectivity index is 1.65. The Bertz CT molecular complexity index is 889. The van der Waals surface area contributed by atoms with Crippen molar-refractivity contribution < 1.29 is 38.7 Å². The maximum Gasteiger partial charge on any atom is 0.470 e. The molecular weight excluding hydrogens is 411 g/mol. The molecule has 8 nitrogen and oxygen atoms in total. The minimum absolute atomic E-state index is 0.0284. The monoisotopic (exact) mass is 440 g/mol. The normalized spacial score (nSPS) is 45.4. The number of aliphatic hydroxyl groups excluding tert-OH is 1. The van der Waals surface area contributed by atoms with Crippen molar-refractivity contribution in [2.24, 2.45) is 28.6 Å². The molecule has 4 rings (SSSR count). The number of hydrogen-bond acceptors (Lipinski definition) is 6. The summed E-state index contributed by atoms with van der Waals surface area (Å²) in [4.78, 5) is 42.5. The zero-order chi connectivity index (χ0) is 22.1. The Morgan fingerprint density at radius 2 is 2.00 bits per heavy atom. The minimum atomic E-state index is -4.84. The summed E-state index contributed by atoms with van der Waals surface area (Å²) >= 11 is 0. The summed E-state index contributed by atoms with van der Waals surface area (Å²) in [5.74, 6) is -0.888. The molecule has 4 aliphatic rings. The van der Waals surface area contributed by atoms with E-state index in [4.69, 9.17) is 9.79 Å². The van der Waals surface area contributed by atoms with Gasteiger partial charge in [0.05, 0.1) is 6.10 Å². The molecule has 4 N–H and O–H groups in total. The number of hydrogen-bond donors (Lipinski definition) is 4. The maximum absolute atomic E-state index is 12.8. The van der Waals surface area contributed by atoms with Crippen LogP contribution in [-0.2, 0) is 18.7 Å². The molecule has 30 heavy (non-hydrogen) atoms. The summed E-state index contributed by atoms with van der Waals surface area (Å²) in [5.41, 5.74) is -2.15. The van der Waals surface area contributed by atoms with Gasteiger partial charge in [0.25, 0.3) is 0 Å². The zero-order valence-corrected chi connectivity index (χ0v) is 18.0. The Kier molecular flexibility index (Phi) is 5.09. The Labute approximate surface area is 175 Å². The SMILES string of the molecule is C[C@]12C=CC(=O)C=C1CC[C@H]1[C@@H]2[C@H](O)C[C@@]2(C)[C@H]1CC[C@]2(O)C(=O)COP(=O)(O)O. The number of carbonyl (C=O) groups excluding carboxylic acids is 2. The summed E-state index contributed by atoms with van der Waals surface area (Å²) in [6.07, 6.45) is 6.76. The lowest BCUT2D eigenvalue weighted by Gasteiger charge is -2.59. The topological polar surface area (TPSA) is 141 Å². The third kappa shape index (κ3) is 3.12. The van der Waals surface area contributed by atoms with Gasteiger partial charge in [0.1, 0.15) is 12.2 Å². The number of ketones is 2. The predicted octanol–water partition coefficient (Wildman–Crippen LogP) is 1.67. The molecule has 0 radical (unpaired) electrons. The standard InChI is InChI=1S/C21H29O8P/c1-19-7-5-13(22)9-12(19)3-4-14-15-6-8-21(25,17(24)11-29-30(26,27)28)20(15,2)10-16(23)18(14)19/h5,7,9,14-16,18,23,25H,3-4,6,8,10-11H2,1-2H3,(H2,26,27,28)/t14-,15+,16-,18-,19+,20+,21+/m1/s1. The van der Waals surface area contributed by atoms with Crippen LogP contribution in [0.3, 0.4) is 0 Å². The molecular formula is C21H29O8P. The van der Waals surface area contributed by atoms with E-state index in [1.165, 1.54) is 0 Å². The quantitative estimate of drug-likeness (QED) is 0.484. The van der Waals surface area contributed by atoms with Gasteiger partial charge in [0.15, 0.2) is 11.6 Å². The predicted molar refractivity (Wildman–Crippen MR) is 106 cm³/mol. The van der Waals surface area contributed by atoms with Crippen molar-refractivity contribution in [1.29, 1.82) is 0 Å². The van der Waals surface area contributed by atoms with Crippen LogP contribution in [0.1, 0.15) is 46.0 Å². The van der Waals surface area contributed by atoms with E-state index in [9.17, 15) is 24.4 Å². The van der Waals surface area contributed by atoms with Crippen LogP contribution in [0.4, 0.5) is 0 Å². The highest BCUT2D eigenvalue weighted by Gasteiger charge is 2.68. The molecule has 0 aromatic rings. The van der Waals surface area contributed by atoms with Crippen molar-refractivity contribution in [3.05, 3.63) is 23.8 Å². The van der Waals surface area contributed by atoms with Crippen molar-refractivity contribution in [3.63, 3.8) is 0 Å². The highest BCUT2D eigenvalue weighted by atomic mass is 31.2. The third-order valence-corrected chi connectivity index (χ3v) is 8.94. The van der Waals surface area contributed by atoms with Gasteiger partial charge in [-0.2, -0.15) is 0 Å². The van der Waals surface area contributed by atoms with E-state index in [0.29, 0.717) is 6.42 Å². The van der Waals surface area contributed by atoms with Crippen molar-refractivity contribution >= 4 is 19.4 Å². The molecule has 0 heterocycles. The second kappa shape index (κ2) is 6.92. The summed E-state index contributed by atoms with van der Waals surface area (Å²) in [7, 11) is -4.84. The maximum atomic E-state index is 12.8. The van der Waals surface area contributed by atoms with E-state index in [-0.39, 0.29) is 36.4 Å². The minimum Gasteiger partial charge on any atom is -0.393 e. The van der Waals surface area contributed by atoms with E-state index >= 15 is 0 Å². The fourth-order valence-electron chi connectivity index (χ4n) is 7.05. The second-order valence-corrected chi connectivity index (χ2v) is 11.0. The summed E-state index contributed by atoms with van der Waals surface area (Å²) in [6, 6.07) is 0. The lowest BCUT2D eigenvalue weighted by Crippen LogP contribution is -2.61. The van der Waals surface area contributed by atoms with E-state index in [1.807, 2.05) is 13.0 Å². The van der Waals surface area contributed by atoms with Gasteiger partial charge in [-0.3, -0.25) is 14.1 Å². The molecule has 4 aliphatic carbocycles. The first-order valence-corrected chi connectivity index (χ1v) is 11.9. The van der Waals surface area contributed by atoms with E-state index in [1.54, 1.807) is 19.1 Å². The van der Waals surface area contributed by atoms with Crippen molar-refractivity contribution in [1.82, 2.24) is 0 Å². The Morgan fingerprint density at radius 3 is 2.67 bits per heavy atom. The van der Waals surface area contributed by atoms with Crippen LogP contribution in [0.15, 0.2) is 23.8 Å². The highest BCUT2D eigenvalue weighted by Crippen LogP contribution is 2.67. The van der Waals surface area contributed by atoms with Crippen molar-refractivity contribution in [2.75, 3.05) is 6.61 Å². The number of fused-ring (bicyclic) bond motifs is 5. The Hall–Kier alpha value is -1.15. The van der Waals surface area contributed by atoms with Gasteiger partial charge in [0.2, 0.25) is 0 Å². The molecule has 0 aromatic heterocycles. The molecule has 3 fully saturated rings. The molecule has 0 amide bonds. The molecule has 0 aliphatic heterocycles. The number of aliphatic hydroxyl groups is 2. The van der Waals surface area contributed by atoms with Gasteiger partial charge in [-0.25, -0.2) is 4.57 Å². The average molecular weight is 440 g/mol. The Morgan fingerprint density at radius 1 is 1.30 bits per heavy atom. The fourth-order valence-corrected chi connectivity index (χ4v) is 7.34. The number of phosphoric ester groups is 1. The number of phosphoric acid groups is 1. The van der Waals surface area contributed by atoms with Crippen LogP contribution in [-0.4, -0.2) is 49.9 Å². The molecule has 9 heteroatoms. The molecule has 0 bridgehead atoms. The van der Waals surface area contributed by atoms with Gasteiger partial charge < -0.3 is 20.0 Å². The van der Waals surface area contributed by atoms with E-state index in [0.717, 1.165) is 18.4 Å². The molecule has 166 valence electrons. The molecule has 0 aromatic carbocycles. The summed E-state index contributed by atoms with van der Waals surface area (Å²) in [6.45, 7) is 2.97. The fraction of sp³-hybridized carbons (Fsp3) is 0.714. The molecule has 0 unspecified atom stereocenters. The second-order valence-electron chi connectivity index (χ2n) is 9.80. The first-order valence-electron chi connectivity index (χ1n) is 10.4. The van der Waals surface area contributed by atoms with Crippen LogP contribution in [0.5, 0.6) is 0 Å². The van der Waals surface area contributed by atoms with E-state index in [2.05, 4.69) is 4.52 Å². The van der Waals surface area contributed by atoms with Gasteiger partial charge in [-0.1, -0.05) is 25.5 Å².